The van der Waals surface area contributed by atoms with E-state index >= 15 is 0 Å². The topological polar surface area (TPSA) is 112 Å². The highest BCUT2D eigenvalue weighted by atomic mass is 16.4. The zero-order valence-electron chi connectivity index (χ0n) is 15.9. The normalized spacial score (nSPS) is 11.5. The van der Waals surface area contributed by atoms with Gasteiger partial charge in [0.1, 0.15) is 6.04 Å². The highest BCUT2D eigenvalue weighted by Crippen LogP contribution is 2.19. The van der Waals surface area contributed by atoms with E-state index in [1.165, 1.54) is 6.92 Å². The number of nitrogens with zero attached hydrogens (tertiary/aromatic N) is 3. The van der Waals surface area contributed by atoms with Gasteiger partial charge >= 0.3 is 5.97 Å². The summed E-state index contributed by atoms with van der Waals surface area (Å²) in [6, 6.07) is 14.7. The summed E-state index contributed by atoms with van der Waals surface area (Å²) in [4.78, 5) is 24.1. The summed E-state index contributed by atoms with van der Waals surface area (Å²) in [6.07, 6.45) is 0. The van der Waals surface area contributed by atoms with Crippen LogP contribution >= 0.6 is 0 Å². The predicted molar refractivity (Wildman–Crippen MR) is 109 cm³/mol. The first-order valence-corrected chi connectivity index (χ1v) is 8.82. The Bertz CT molecular complexity index is 892. The molecule has 8 heteroatoms. The van der Waals surface area contributed by atoms with Crippen molar-refractivity contribution in [2.75, 3.05) is 16.0 Å². The van der Waals surface area contributed by atoms with Crippen molar-refractivity contribution in [1.29, 1.82) is 0 Å². The van der Waals surface area contributed by atoms with Crippen molar-refractivity contribution in [3.63, 3.8) is 0 Å². The molecule has 144 valence electrons. The molecule has 0 radical (unpaired) electrons. The van der Waals surface area contributed by atoms with Gasteiger partial charge in [-0.1, -0.05) is 35.4 Å². The number of hydrogen-bond acceptors (Lipinski definition) is 7. The van der Waals surface area contributed by atoms with Crippen molar-refractivity contribution < 1.29 is 9.90 Å². The van der Waals surface area contributed by atoms with Gasteiger partial charge in [-0.15, -0.1) is 0 Å². The van der Waals surface area contributed by atoms with E-state index in [0.717, 1.165) is 22.5 Å². The Morgan fingerprint density at radius 3 is 1.57 bits per heavy atom. The first kappa shape index (κ1) is 19.1. The van der Waals surface area contributed by atoms with Crippen molar-refractivity contribution >= 4 is 35.2 Å². The van der Waals surface area contributed by atoms with Crippen LogP contribution in [0.5, 0.6) is 0 Å². The second kappa shape index (κ2) is 8.34. The van der Waals surface area contributed by atoms with Crippen LogP contribution in [0.4, 0.5) is 29.2 Å². The molecule has 0 amide bonds. The second-order valence-corrected chi connectivity index (χ2v) is 6.49. The van der Waals surface area contributed by atoms with E-state index in [2.05, 4.69) is 30.9 Å². The predicted octanol–water partition coefficient (Wildman–Crippen LogP) is 3.86. The molecule has 0 aliphatic carbocycles. The Labute approximate surface area is 163 Å². The minimum absolute atomic E-state index is 0.161. The minimum atomic E-state index is -0.999. The van der Waals surface area contributed by atoms with Gasteiger partial charge in [-0.2, -0.15) is 15.0 Å². The Kier molecular flexibility index (Phi) is 5.69. The molecule has 0 fully saturated rings. The molecule has 0 saturated heterocycles. The van der Waals surface area contributed by atoms with Gasteiger partial charge in [-0.3, -0.25) is 4.79 Å². The summed E-state index contributed by atoms with van der Waals surface area (Å²) in [5.74, 6) is -0.238. The molecular formula is C20H22N6O2. The lowest BCUT2D eigenvalue weighted by Gasteiger charge is -2.13. The summed E-state index contributed by atoms with van der Waals surface area (Å²) < 4.78 is 0. The quantitative estimate of drug-likeness (QED) is 0.490. The van der Waals surface area contributed by atoms with Gasteiger partial charge in [0.2, 0.25) is 17.8 Å². The molecule has 3 rings (SSSR count). The third kappa shape index (κ3) is 5.16. The van der Waals surface area contributed by atoms with Crippen LogP contribution in [-0.4, -0.2) is 32.1 Å². The molecule has 0 aliphatic rings. The molecule has 2 aromatic carbocycles. The molecule has 1 atom stereocenters. The van der Waals surface area contributed by atoms with Crippen LogP contribution in [0.25, 0.3) is 0 Å². The molecule has 0 aliphatic heterocycles. The fourth-order valence-electron chi connectivity index (χ4n) is 2.34. The highest BCUT2D eigenvalue weighted by Gasteiger charge is 2.14. The molecule has 1 heterocycles. The van der Waals surface area contributed by atoms with Crippen LogP contribution in [-0.2, 0) is 4.79 Å². The third-order valence-electron chi connectivity index (χ3n) is 3.97. The smallest absolute Gasteiger partial charge is 0.325 e. The number of hydrogen-bond donors (Lipinski definition) is 4. The fourth-order valence-corrected chi connectivity index (χ4v) is 2.34. The van der Waals surface area contributed by atoms with Gasteiger partial charge in [0.15, 0.2) is 0 Å². The number of carboxylic acid groups (broad SMARTS) is 1. The summed E-state index contributed by atoms with van der Waals surface area (Å²) >= 11 is 0. The maximum absolute atomic E-state index is 11.2. The maximum atomic E-state index is 11.2. The number of nitrogens with one attached hydrogen (secondary N) is 3. The van der Waals surface area contributed by atoms with Crippen LogP contribution in [0.1, 0.15) is 18.1 Å². The van der Waals surface area contributed by atoms with Gasteiger partial charge in [0, 0.05) is 11.4 Å². The van der Waals surface area contributed by atoms with Gasteiger partial charge in [-0.05, 0) is 45.0 Å². The molecule has 8 nitrogen and oxygen atoms in total. The monoisotopic (exact) mass is 378 g/mol. The molecule has 0 unspecified atom stereocenters. The van der Waals surface area contributed by atoms with Crippen LogP contribution in [0.2, 0.25) is 0 Å². The molecular weight excluding hydrogens is 356 g/mol. The Hall–Kier alpha value is -3.68. The van der Waals surface area contributed by atoms with Crippen LogP contribution < -0.4 is 16.0 Å². The lowest BCUT2D eigenvalue weighted by molar-refractivity contribution is -0.137. The van der Waals surface area contributed by atoms with Crippen LogP contribution in [0, 0.1) is 13.8 Å². The number of anilines is 5. The molecule has 0 saturated carbocycles. The van der Waals surface area contributed by atoms with Crippen LogP contribution in [0.15, 0.2) is 48.5 Å². The van der Waals surface area contributed by atoms with Crippen molar-refractivity contribution in [3.8, 4) is 0 Å². The molecule has 4 N–H and O–H groups in total. The van der Waals surface area contributed by atoms with E-state index in [0.29, 0.717) is 11.9 Å². The highest BCUT2D eigenvalue weighted by molar-refractivity contribution is 5.76. The summed E-state index contributed by atoms with van der Waals surface area (Å²) in [5, 5.41) is 18.1. The minimum Gasteiger partial charge on any atom is -0.480 e. The average molecular weight is 378 g/mol. The van der Waals surface area contributed by atoms with E-state index in [1.54, 1.807) is 0 Å². The number of aromatic nitrogens is 3. The van der Waals surface area contributed by atoms with E-state index in [-0.39, 0.29) is 5.95 Å². The Balaban J connectivity index is 1.89. The SMILES string of the molecule is Cc1ccc(Nc2nc(Nc3ccc(C)cc3)nc(N[C@@H](C)C(=O)O)n2)cc1. The van der Waals surface area contributed by atoms with Crippen molar-refractivity contribution in [2.45, 2.75) is 26.8 Å². The number of benzene rings is 2. The number of rotatable bonds is 7. The third-order valence-corrected chi connectivity index (χ3v) is 3.97. The number of aliphatic carboxylic acids is 1. The van der Waals surface area contributed by atoms with Gasteiger partial charge in [0.05, 0.1) is 0 Å². The lowest BCUT2D eigenvalue weighted by atomic mass is 10.2. The van der Waals surface area contributed by atoms with E-state index in [1.807, 2.05) is 62.4 Å². The molecule has 0 bridgehead atoms. The largest absolute Gasteiger partial charge is 0.480 e. The number of carbonyl (C=O) groups is 1. The van der Waals surface area contributed by atoms with E-state index in [9.17, 15) is 4.79 Å². The molecule has 1 aromatic heterocycles. The zero-order chi connectivity index (χ0) is 20.1. The molecule has 28 heavy (non-hydrogen) atoms. The van der Waals surface area contributed by atoms with E-state index < -0.39 is 12.0 Å². The average Bonchev–Trinajstić information content (AvgIpc) is 2.65. The first-order chi connectivity index (χ1) is 13.4. The summed E-state index contributed by atoms with van der Waals surface area (Å²) in [6.45, 7) is 5.53. The fraction of sp³-hybridized carbons (Fsp3) is 0.200. The number of aryl methyl sites for hydroxylation is 2. The Morgan fingerprint density at radius 1 is 0.786 bits per heavy atom. The van der Waals surface area contributed by atoms with Gasteiger partial charge in [0.25, 0.3) is 0 Å². The molecule has 3 aromatic rings. The standard InChI is InChI=1S/C20H22N6O2/c1-12-4-8-15(9-5-12)22-19-24-18(21-14(3)17(27)28)25-20(26-19)23-16-10-6-13(2)7-11-16/h4-11,14H,1-3H3,(H,27,28)(H3,21,22,23,24,25,26)/t14-/m0/s1. The Morgan fingerprint density at radius 2 is 1.18 bits per heavy atom. The second-order valence-electron chi connectivity index (χ2n) is 6.49. The zero-order valence-corrected chi connectivity index (χ0v) is 15.9. The van der Waals surface area contributed by atoms with Crippen molar-refractivity contribution in [1.82, 2.24) is 15.0 Å². The van der Waals surface area contributed by atoms with Crippen LogP contribution in [0.3, 0.4) is 0 Å². The number of carboxylic acids is 1. The maximum Gasteiger partial charge on any atom is 0.325 e. The summed E-state index contributed by atoms with van der Waals surface area (Å²) in [7, 11) is 0. The van der Waals surface area contributed by atoms with Gasteiger partial charge in [-0.25, -0.2) is 0 Å². The van der Waals surface area contributed by atoms with Gasteiger partial charge < -0.3 is 21.1 Å². The van der Waals surface area contributed by atoms with Crippen molar-refractivity contribution in [3.05, 3.63) is 59.7 Å². The molecule has 0 spiro atoms. The summed E-state index contributed by atoms with van der Waals surface area (Å²) in [5.41, 5.74) is 3.91. The van der Waals surface area contributed by atoms with Crippen molar-refractivity contribution in [2.24, 2.45) is 0 Å². The lowest BCUT2D eigenvalue weighted by Crippen LogP contribution is -2.26. The van der Waals surface area contributed by atoms with E-state index in [4.69, 9.17) is 5.11 Å². The first-order valence-electron chi connectivity index (χ1n) is 8.82.